The summed E-state index contributed by atoms with van der Waals surface area (Å²) in [5.74, 6) is -0.851. The van der Waals surface area contributed by atoms with Crippen LogP contribution < -0.4 is 0 Å². The van der Waals surface area contributed by atoms with Crippen molar-refractivity contribution in [3.63, 3.8) is 0 Å². The highest BCUT2D eigenvalue weighted by Gasteiger charge is 2.19. The fraction of sp³-hybridized carbons (Fsp3) is 0.857. The Morgan fingerprint density at radius 3 is 0.675 bits per heavy atom. The zero-order valence-corrected chi connectivity index (χ0v) is 56.0. The number of unbranched alkanes of at least 4 members (excludes halogenated alkanes) is 50. The third kappa shape index (κ3) is 70.0. The molecule has 0 amide bonds. The lowest BCUT2D eigenvalue weighted by molar-refractivity contribution is -0.167. The highest BCUT2D eigenvalue weighted by molar-refractivity contribution is 5.71. The number of ether oxygens (including phenoxy) is 3. The van der Waals surface area contributed by atoms with Crippen molar-refractivity contribution in [1.29, 1.82) is 0 Å². The van der Waals surface area contributed by atoms with Gasteiger partial charge >= 0.3 is 17.9 Å². The largest absolute Gasteiger partial charge is 0.462 e. The van der Waals surface area contributed by atoms with Gasteiger partial charge in [0.1, 0.15) is 13.2 Å². The predicted octanol–water partition coefficient (Wildman–Crippen LogP) is 25.7. The predicted molar refractivity (Wildman–Crippen MR) is 362 cm³/mol. The molecule has 0 aliphatic rings. The first-order valence-electron chi connectivity index (χ1n) is 37.1. The van der Waals surface area contributed by atoms with Crippen molar-refractivity contribution in [3.05, 3.63) is 48.6 Å². The Hall–Kier alpha value is -2.63. The van der Waals surface area contributed by atoms with Crippen molar-refractivity contribution in [1.82, 2.24) is 0 Å². The van der Waals surface area contributed by atoms with Gasteiger partial charge < -0.3 is 14.2 Å². The molecule has 0 N–H and O–H groups in total. The molecule has 0 bridgehead atoms. The molecule has 1 atom stereocenters. The number of carbonyl (C=O) groups excluding carboxylic acids is 3. The Labute approximate surface area is 518 Å². The molecule has 0 radical (unpaired) electrons. The van der Waals surface area contributed by atoms with E-state index in [-0.39, 0.29) is 31.1 Å². The molecule has 0 aromatic heterocycles. The van der Waals surface area contributed by atoms with Gasteiger partial charge in [-0.15, -0.1) is 0 Å². The maximum atomic E-state index is 12.9. The van der Waals surface area contributed by atoms with E-state index in [1.807, 2.05) is 0 Å². The molecule has 0 aliphatic heterocycles. The summed E-state index contributed by atoms with van der Waals surface area (Å²) >= 11 is 0. The Morgan fingerprint density at radius 1 is 0.241 bits per heavy atom. The van der Waals surface area contributed by atoms with Crippen molar-refractivity contribution in [2.75, 3.05) is 13.2 Å². The summed E-state index contributed by atoms with van der Waals surface area (Å²) in [6.07, 6.45) is 91.7. The average molecular weight is 1160 g/mol. The minimum absolute atomic E-state index is 0.0704. The number of carbonyl (C=O) groups is 3. The minimum atomic E-state index is -0.774. The van der Waals surface area contributed by atoms with Crippen LogP contribution in [0.5, 0.6) is 0 Å². The molecule has 0 aliphatic carbocycles. The van der Waals surface area contributed by atoms with Crippen LogP contribution in [0.15, 0.2) is 48.6 Å². The van der Waals surface area contributed by atoms with E-state index in [0.717, 1.165) is 77.0 Å². The van der Waals surface area contributed by atoms with E-state index in [1.54, 1.807) is 0 Å². The van der Waals surface area contributed by atoms with Crippen LogP contribution in [-0.2, 0) is 28.6 Å². The van der Waals surface area contributed by atoms with Crippen molar-refractivity contribution < 1.29 is 28.6 Å². The molecule has 0 heterocycles. The monoisotopic (exact) mass is 1160 g/mol. The van der Waals surface area contributed by atoms with Gasteiger partial charge in [-0.05, 0) is 83.5 Å². The fourth-order valence-electron chi connectivity index (χ4n) is 11.2. The highest BCUT2D eigenvalue weighted by atomic mass is 16.6. The van der Waals surface area contributed by atoms with E-state index >= 15 is 0 Å². The van der Waals surface area contributed by atoms with E-state index in [1.165, 1.54) is 289 Å². The maximum Gasteiger partial charge on any atom is 0.306 e. The molecule has 0 aromatic carbocycles. The maximum absolute atomic E-state index is 12.9. The average Bonchev–Trinajstić information content (AvgIpc) is 3.49. The van der Waals surface area contributed by atoms with Crippen LogP contribution >= 0.6 is 0 Å². The first kappa shape index (κ1) is 80.4. The third-order valence-electron chi connectivity index (χ3n) is 16.8. The zero-order chi connectivity index (χ0) is 59.9. The van der Waals surface area contributed by atoms with Crippen LogP contribution in [0, 0.1) is 0 Å². The molecule has 486 valence electrons. The van der Waals surface area contributed by atoms with Crippen LogP contribution in [0.25, 0.3) is 0 Å². The first-order chi connectivity index (χ1) is 41.0. The lowest BCUT2D eigenvalue weighted by atomic mass is 10.0. The lowest BCUT2D eigenvalue weighted by Crippen LogP contribution is -2.30. The van der Waals surface area contributed by atoms with Gasteiger partial charge in [-0.1, -0.05) is 352 Å². The van der Waals surface area contributed by atoms with Gasteiger partial charge in [0.2, 0.25) is 0 Å². The lowest BCUT2D eigenvalue weighted by Gasteiger charge is -2.18. The topological polar surface area (TPSA) is 78.9 Å². The van der Waals surface area contributed by atoms with Gasteiger partial charge in [0.15, 0.2) is 6.10 Å². The Bertz CT molecular complexity index is 1430. The number of esters is 3. The minimum Gasteiger partial charge on any atom is -0.462 e. The van der Waals surface area contributed by atoms with Crippen molar-refractivity contribution >= 4 is 17.9 Å². The molecular formula is C77H142O6. The second kappa shape index (κ2) is 71.8. The zero-order valence-electron chi connectivity index (χ0n) is 56.0. The van der Waals surface area contributed by atoms with Crippen LogP contribution in [0.4, 0.5) is 0 Å². The molecule has 0 rings (SSSR count). The normalized spacial score (nSPS) is 12.3. The molecule has 0 fully saturated rings. The SMILES string of the molecule is CCCCCC/C=C\C/C=C\CCCCCCCCCC(=O)OC(COC(=O)CCCCCCCCCCCCCC)COC(=O)CCCCCCCCCCCCCCCCCCCCCCCCC/C=C\C/C=C\CCCCCCC. The van der Waals surface area contributed by atoms with Gasteiger partial charge in [-0.3, -0.25) is 14.4 Å². The Balaban J connectivity index is 4.07. The van der Waals surface area contributed by atoms with Crippen LogP contribution in [-0.4, -0.2) is 37.2 Å². The Morgan fingerprint density at radius 2 is 0.434 bits per heavy atom. The summed E-state index contributed by atoms with van der Waals surface area (Å²) in [7, 11) is 0. The number of rotatable bonds is 69. The van der Waals surface area contributed by atoms with Crippen molar-refractivity contribution in [3.8, 4) is 0 Å². The second-order valence-corrected chi connectivity index (χ2v) is 25.2. The quantitative estimate of drug-likeness (QED) is 0.0261. The van der Waals surface area contributed by atoms with Crippen LogP contribution in [0.3, 0.4) is 0 Å². The second-order valence-electron chi connectivity index (χ2n) is 25.2. The van der Waals surface area contributed by atoms with Gasteiger partial charge in [0, 0.05) is 19.3 Å². The summed E-state index contributed by atoms with van der Waals surface area (Å²) in [4.78, 5) is 38.4. The molecule has 0 aromatic rings. The smallest absolute Gasteiger partial charge is 0.306 e. The molecule has 0 saturated heterocycles. The first-order valence-corrected chi connectivity index (χ1v) is 37.1. The fourth-order valence-corrected chi connectivity index (χ4v) is 11.2. The summed E-state index contributed by atoms with van der Waals surface area (Å²) < 4.78 is 17.0. The van der Waals surface area contributed by atoms with Crippen molar-refractivity contribution in [2.45, 2.75) is 412 Å². The summed E-state index contributed by atoms with van der Waals surface area (Å²) in [5.41, 5.74) is 0. The van der Waals surface area contributed by atoms with Crippen molar-refractivity contribution in [2.24, 2.45) is 0 Å². The van der Waals surface area contributed by atoms with E-state index in [2.05, 4.69) is 69.4 Å². The third-order valence-corrected chi connectivity index (χ3v) is 16.8. The molecule has 6 nitrogen and oxygen atoms in total. The van der Waals surface area contributed by atoms with Crippen LogP contribution in [0.1, 0.15) is 406 Å². The van der Waals surface area contributed by atoms with Crippen LogP contribution in [0.2, 0.25) is 0 Å². The molecular weight excluding hydrogens is 1020 g/mol. The standard InChI is InChI=1S/C77H142O6/c1-4-7-10-13-16-19-22-25-27-29-31-32-33-34-35-36-37-38-39-40-41-42-43-44-45-46-47-49-50-52-55-58-61-64-67-70-76(79)82-73-74(72-81-75(78)69-66-63-60-57-54-24-21-18-15-12-9-6-3)83-77(80)71-68-65-62-59-56-53-51-48-30-28-26-23-20-17-14-11-8-5-2/h20,22-23,25,28-31,74H,4-19,21,24,26-27,32-73H2,1-3H3/b23-20-,25-22-,30-28-,31-29-. The highest BCUT2D eigenvalue weighted by Crippen LogP contribution is 2.19. The summed E-state index contributed by atoms with van der Waals surface area (Å²) in [6.45, 7) is 6.67. The van der Waals surface area contributed by atoms with Gasteiger partial charge in [-0.2, -0.15) is 0 Å². The summed E-state index contributed by atoms with van der Waals surface area (Å²) in [5, 5.41) is 0. The molecule has 6 heteroatoms. The number of hydrogen-bond acceptors (Lipinski definition) is 6. The molecule has 0 saturated carbocycles. The molecule has 0 spiro atoms. The van der Waals surface area contributed by atoms with Gasteiger partial charge in [0.25, 0.3) is 0 Å². The molecule has 83 heavy (non-hydrogen) atoms. The van der Waals surface area contributed by atoms with E-state index in [4.69, 9.17) is 14.2 Å². The number of allylic oxidation sites excluding steroid dienone is 8. The summed E-state index contributed by atoms with van der Waals surface area (Å²) in [6, 6.07) is 0. The number of hydrogen-bond donors (Lipinski definition) is 0. The van der Waals surface area contributed by atoms with E-state index in [0.29, 0.717) is 19.3 Å². The van der Waals surface area contributed by atoms with E-state index < -0.39 is 6.10 Å². The van der Waals surface area contributed by atoms with Gasteiger partial charge in [-0.25, -0.2) is 0 Å². The van der Waals surface area contributed by atoms with E-state index in [9.17, 15) is 14.4 Å². The Kier molecular flexibility index (Phi) is 69.6. The van der Waals surface area contributed by atoms with Gasteiger partial charge in [0.05, 0.1) is 0 Å². The molecule has 1 unspecified atom stereocenters.